The van der Waals surface area contributed by atoms with Crippen LogP contribution in [0.1, 0.15) is 16.7 Å². The van der Waals surface area contributed by atoms with Crippen LogP contribution >= 0.6 is 0 Å². The molecule has 0 atom stereocenters. The van der Waals surface area contributed by atoms with Gasteiger partial charge in [0.25, 0.3) is 0 Å². The highest BCUT2D eigenvalue weighted by Crippen LogP contribution is 2.25. The van der Waals surface area contributed by atoms with Crippen molar-refractivity contribution in [3.8, 4) is 12.1 Å². The molecule has 0 unspecified atom stereocenters. The number of rotatable bonds is 2. The summed E-state index contributed by atoms with van der Waals surface area (Å²) in [6.07, 6.45) is 0. The lowest BCUT2D eigenvalue weighted by atomic mass is 10.1. The number of aryl methyl sites for hydroxylation is 1. The summed E-state index contributed by atoms with van der Waals surface area (Å²) in [5, 5.41) is 21.1. The Balaban J connectivity index is 2.38. The quantitative estimate of drug-likeness (QED) is 0.800. The maximum absolute atomic E-state index is 9.16. The number of benzene rings is 2. The van der Waals surface area contributed by atoms with Crippen LogP contribution < -0.4 is 11.1 Å². The van der Waals surface area contributed by atoms with E-state index in [9.17, 15) is 0 Å². The molecule has 19 heavy (non-hydrogen) atoms. The standard InChI is InChI=1S/C15H12N4/c1-10-3-2-4-15(13(10)9-17)19-12-6-5-11(8-16)14(18)7-12/h2-7,19H,18H2,1H3. The van der Waals surface area contributed by atoms with Gasteiger partial charge in [-0.05, 0) is 36.8 Å². The van der Waals surface area contributed by atoms with Crippen LogP contribution in [-0.2, 0) is 0 Å². The van der Waals surface area contributed by atoms with E-state index in [-0.39, 0.29) is 0 Å². The van der Waals surface area contributed by atoms with Crippen molar-refractivity contribution in [2.45, 2.75) is 6.92 Å². The molecule has 0 spiro atoms. The molecular weight excluding hydrogens is 236 g/mol. The van der Waals surface area contributed by atoms with Crippen molar-refractivity contribution in [3.63, 3.8) is 0 Å². The first-order valence-corrected chi connectivity index (χ1v) is 5.72. The molecule has 0 saturated heterocycles. The zero-order valence-electron chi connectivity index (χ0n) is 10.4. The molecule has 0 aromatic heterocycles. The maximum atomic E-state index is 9.16. The van der Waals surface area contributed by atoms with Crippen molar-refractivity contribution in [1.82, 2.24) is 0 Å². The van der Waals surface area contributed by atoms with Crippen molar-refractivity contribution in [2.24, 2.45) is 0 Å². The van der Waals surface area contributed by atoms with Crippen LogP contribution in [0.2, 0.25) is 0 Å². The van der Waals surface area contributed by atoms with E-state index in [1.165, 1.54) is 0 Å². The number of nitrogens with zero attached hydrogens (tertiary/aromatic N) is 2. The van der Waals surface area contributed by atoms with Crippen LogP contribution in [-0.4, -0.2) is 0 Å². The summed E-state index contributed by atoms with van der Waals surface area (Å²) in [6.45, 7) is 1.89. The molecule has 0 aliphatic rings. The van der Waals surface area contributed by atoms with Crippen molar-refractivity contribution in [2.75, 3.05) is 11.1 Å². The molecule has 0 aliphatic heterocycles. The molecule has 0 amide bonds. The van der Waals surface area contributed by atoms with Gasteiger partial charge < -0.3 is 11.1 Å². The highest BCUT2D eigenvalue weighted by Gasteiger charge is 2.06. The van der Waals surface area contributed by atoms with Crippen LogP contribution in [0.25, 0.3) is 0 Å². The first kappa shape index (κ1) is 12.5. The van der Waals surface area contributed by atoms with E-state index in [0.29, 0.717) is 16.8 Å². The first-order valence-electron chi connectivity index (χ1n) is 5.72. The van der Waals surface area contributed by atoms with Gasteiger partial charge in [0.15, 0.2) is 0 Å². The smallest absolute Gasteiger partial charge is 0.102 e. The predicted molar refractivity (Wildman–Crippen MR) is 74.7 cm³/mol. The summed E-state index contributed by atoms with van der Waals surface area (Å²) in [5.74, 6) is 0. The minimum atomic E-state index is 0.415. The Morgan fingerprint density at radius 1 is 1.11 bits per heavy atom. The van der Waals surface area contributed by atoms with Gasteiger partial charge in [0.2, 0.25) is 0 Å². The fraction of sp³-hybridized carbons (Fsp3) is 0.0667. The summed E-state index contributed by atoms with van der Waals surface area (Å²) in [4.78, 5) is 0. The number of anilines is 3. The molecule has 0 heterocycles. The van der Waals surface area contributed by atoms with Gasteiger partial charge in [0, 0.05) is 5.69 Å². The number of nitriles is 2. The minimum absolute atomic E-state index is 0.415. The third-order valence-electron chi connectivity index (χ3n) is 2.84. The van der Waals surface area contributed by atoms with Crippen LogP contribution in [0.3, 0.4) is 0 Å². The van der Waals surface area contributed by atoms with Crippen molar-refractivity contribution in [3.05, 3.63) is 53.1 Å². The van der Waals surface area contributed by atoms with Crippen LogP contribution in [0.4, 0.5) is 17.1 Å². The third kappa shape index (κ3) is 2.48. The molecule has 2 aromatic carbocycles. The predicted octanol–water partition coefficient (Wildman–Crippen LogP) is 3.06. The monoisotopic (exact) mass is 248 g/mol. The average Bonchev–Trinajstić information content (AvgIpc) is 2.39. The van der Waals surface area contributed by atoms with Crippen LogP contribution in [0.5, 0.6) is 0 Å². The SMILES string of the molecule is Cc1cccc(Nc2ccc(C#N)c(N)c2)c1C#N. The normalized spacial score (nSPS) is 9.42. The van der Waals surface area contributed by atoms with Crippen molar-refractivity contribution >= 4 is 17.1 Å². The van der Waals surface area contributed by atoms with Crippen LogP contribution in [0, 0.1) is 29.6 Å². The molecule has 0 fully saturated rings. The Kier molecular flexibility index (Phi) is 3.36. The summed E-state index contributed by atoms with van der Waals surface area (Å²) < 4.78 is 0. The van der Waals surface area contributed by atoms with Gasteiger partial charge in [-0.25, -0.2) is 0 Å². The second-order valence-electron chi connectivity index (χ2n) is 4.15. The molecule has 0 radical (unpaired) electrons. The molecular formula is C15H12N4. The van der Waals surface area contributed by atoms with Crippen molar-refractivity contribution < 1.29 is 0 Å². The Morgan fingerprint density at radius 2 is 1.89 bits per heavy atom. The Labute approximate surface area is 111 Å². The van der Waals surface area contributed by atoms with E-state index in [2.05, 4.69) is 11.4 Å². The molecule has 3 N–H and O–H groups in total. The third-order valence-corrected chi connectivity index (χ3v) is 2.84. The number of nitrogens with one attached hydrogen (secondary N) is 1. The molecule has 4 nitrogen and oxygen atoms in total. The zero-order valence-corrected chi connectivity index (χ0v) is 10.4. The largest absolute Gasteiger partial charge is 0.398 e. The highest BCUT2D eigenvalue weighted by atomic mass is 14.9. The molecule has 2 aromatic rings. The lowest BCUT2D eigenvalue weighted by Gasteiger charge is -2.10. The average molecular weight is 248 g/mol. The summed E-state index contributed by atoms with van der Waals surface area (Å²) in [7, 11) is 0. The Morgan fingerprint density at radius 3 is 2.53 bits per heavy atom. The van der Waals surface area contributed by atoms with Crippen molar-refractivity contribution in [1.29, 1.82) is 10.5 Å². The second kappa shape index (κ2) is 5.12. The summed E-state index contributed by atoms with van der Waals surface area (Å²) in [5.41, 5.74) is 9.60. The fourth-order valence-electron chi connectivity index (χ4n) is 1.82. The van der Waals surface area contributed by atoms with Crippen LogP contribution in [0.15, 0.2) is 36.4 Å². The van der Waals surface area contributed by atoms with Gasteiger partial charge in [0.05, 0.1) is 22.5 Å². The Hall–Kier alpha value is -2.98. The van der Waals surface area contributed by atoms with Gasteiger partial charge >= 0.3 is 0 Å². The topological polar surface area (TPSA) is 85.6 Å². The molecule has 4 heteroatoms. The molecule has 0 saturated carbocycles. The van der Waals surface area contributed by atoms with Gasteiger partial charge in [-0.3, -0.25) is 0 Å². The number of hydrogen-bond acceptors (Lipinski definition) is 4. The lowest BCUT2D eigenvalue weighted by Crippen LogP contribution is -1.97. The molecule has 0 bridgehead atoms. The second-order valence-corrected chi connectivity index (χ2v) is 4.15. The zero-order chi connectivity index (χ0) is 13.8. The summed E-state index contributed by atoms with van der Waals surface area (Å²) in [6, 6.07) is 14.9. The Bertz CT molecular complexity index is 705. The number of nitrogen functional groups attached to an aromatic ring is 1. The highest BCUT2D eigenvalue weighted by molar-refractivity contribution is 5.71. The number of hydrogen-bond donors (Lipinski definition) is 2. The van der Waals surface area contributed by atoms with E-state index in [0.717, 1.165) is 16.9 Å². The molecule has 92 valence electrons. The molecule has 0 aliphatic carbocycles. The number of nitrogens with two attached hydrogens (primary N) is 1. The lowest BCUT2D eigenvalue weighted by molar-refractivity contribution is 1.38. The van der Waals surface area contributed by atoms with Gasteiger partial charge in [0.1, 0.15) is 12.1 Å². The van der Waals surface area contributed by atoms with Gasteiger partial charge in [-0.1, -0.05) is 12.1 Å². The van der Waals surface area contributed by atoms with Gasteiger partial charge in [-0.2, -0.15) is 10.5 Å². The molecule has 2 rings (SSSR count). The van der Waals surface area contributed by atoms with E-state index in [4.69, 9.17) is 16.3 Å². The maximum Gasteiger partial charge on any atom is 0.102 e. The van der Waals surface area contributed by atoms with Gasteiger partial charge in [-0.15, -0.1) is 0 Å². The minimum Gasteiger partial charge on any atom is -0.398 e. The van der Waals surface area contributed by atoms with E-state index >= 15 is 0 Å². The van der Waals surface area contributed by atoms with E-state index in [1.807, 2.05) is 31.2 Å². The summed E-state index contributed by atoms with van der Waals surface area (Å²) >= 11 is 0. The first-order chi connectivity index (χ1) is 9.15. The van der Waals surface area contributed by atoms with E-state index < -0.39 is 0 Å². The fourth-order valence-corrected chi connectivity index (χ4v) is 1.82. The van der Waals surface area contributed by atoms with E-state index in [1.54, 1.807) is 18.2 Å².